The normalized spacial score (nSPS) is 11.8. The summed E-state index contributed by atoms with van der Waals surface area (Å²) in [6.07, 6.45) is 0. The lowest BCUT2D eigenvalue weighted by Gasteiger charge is -2.12. The average Bonchev–Trinajstić information content (AvgIpc) is 3.83. The van der Waals surface area contributed by atoms with Crippen LogP contribution in [0.4, 0.5) is 0 Å². The van der Waals surface area contributed by atoms with Gasteiger partial charge in [0.2, 0.25) is 0 Å². The quantitative estimate of drug-likeness (QED) is 0.173. The molecule has 0 amide bonds. The third-order valence-corrected chi connectivity index (χ3v) is 11.0. The van der Waals surface area contributed by atoms with E-state index in [9.17, 15) is 0 Å². The number of aromatic nitrogens is 4. The molecule has 0 N–H and O–H groups in total. The van der Waals surface area contributed by atoms with Gasteiger partial charge in [-0.1, -0.05) is 127 Å². The number of thiazole rings is 1. The molecule has 0 radical (unpaired) electrons. The highest BCUT2D eigenvalue weighted by Crippen LogP contribution is 2.42. The first-order valence-corrected chi connectivity index (χ1v) is 18.0. The van der Waals surface area contributed by atoms with Crippen LogP contribution in [0.5, 0.6) is 0 Å². The van der Waals surface area contributed by atoms with Crippen LogP contribution in [0.3, 0.4) is 0 Å². The summed E-state index contributed by atoms with van der Waals surface area (Å²) >= 11 is 1.67. The molecule has 3 heterocycles. The molecule has 0 bridgehead atoms. The first-order chi connectivity index (χ1) is 25.8. The van der Waals surface area contributed by atoms with Crippen LogP contribution in [0.15, 0.2) is 162 Å². The molecule has 0 atom stereocenters. The Morgan fingerprint density at radius 1 is 0.404 bits per heavy atom. The molecule has 0 aliphatic rings. The number of para-hydroxylation sites is 2. The van der Waals surface area contributed by atoms with Crippen molar-refractivity contribution in [1.82, 2.24) is 19.9 Å². The van der Waals surface area contributed by atoms with Crippen molar-refractivity contribution in [2.45, 2.75) is 0 Å². The van der Waals surface area contributed by atoms with E-state index in [4.69, 9.17) is 24.4 Å². The van der Waals surface area contributed by atoms with E-state index in [0.717, 1.165) is 59.4 Å². The monoisotopic (exact) mass is 682 g/mol. The summed E-state index contributed by atoms with van der Waals surface area (Å²) in [5.74, 6) is 1.82. The molecular formula is C46H26N4OS. The molecule has 8 aromatic carbocycles. The zero-order valence-corrected chi connectivity index (χ0v) is 28.4. The molecule has 0 saturated carbocycles. The van der Waals surface area contributed by atoms with Crippen molar-refractivity contribution in [3.8, 4) is 44.7 Å². The lowest BCUT2D eigenvalue weighted by molar-refractivity contribution is 0.670. The largest absolute Gasteiger partial charge is 0.455 e. The lowest BCUT2D eigenvalue weighted by atomic mass is 9.93. The Morgan fingerprint density at radius 2 is 1.00 bits per heavy atom. The molecule has 0 aliphatic carbocycles. The molecule has 0 aliphatic heterocycles. The van der Waals surface area contributed by atoms with Gasteiger partial charge in [-0.2, -0.15) is 0 Å². The molecule has 6 heteroatoms. The predicted molar refractivity (Wildman–Crippen MR) is 215 cm³/mol. The Balaban J connectivity index is 1.15. The number of furan rings is 1. The molecule has 3 aromatic heterocycles. The van der Waals surface area contributed by atoms with Gasteiger partial charge in [0.1, 0.15) is 16.2 Å². The van der Waals surface area contributed by atoms with Gasteiger partial charge in [0.15, 0.2) is 17.5 Å². The molecule has 242 valence electrons. The van der Waals surface area contributed by atoms with E-state index in [1.54, 1.807) is 11.3 Å². The van der Waals surface area contributed by atoms with Crippen LogP contribution in [-0.4, -0.2) is 19.9 Å². The molecular weight excluding hydrogens is 657 g/mol. The fraction of sp³-hybridized carbons (Fsp3) is 0. The van der Waals surface area contributed by atoms with Crippen molar-refractivity contribution in [3.63, 3.8) is 0 Å². The van der Waals surface area contributed by atoms with Gasteiger partial charge >= 0.3 is 0 Å². The fourth-order valence-corrected chi connectivity index (χ4v) is 8.57. The Morgan fingerprint density at radius 3 is 1.77 bits per heavy atom. The SMILES string of the molecule is c1ccc(-c2nc(-c3ccc4c5ccccc5c5ccccc5c4c3)nc(-c3cccc4oc5c(-c6nc7ccccc7s6)cccc5c34)n2)cc1. The van der Waals surface area contributed by atoms with Crippen LogP contribution >= 0.6 is 11.3 Å². The van der Waals surface area contributed by atoms with E-state index < -0.39 is 0 Å². The fourth-order valence-electron chi connectivity index (χ4n) is 7.58. The minimum absolute atomic E-state index is 0.589. The maximum atomic E-state index is 6.65. The van der Waals surface area contributed by atoms with E-state index in [-0.39, 0.29) is 0 Å². The Hall–Kier alpha value is -6.76. The number of rotatable bonds is 4. The summed E-state index contributed by atoms with van der Waals surface area (Å²) in [6.45, 7) is 0. The van der Waals surface area contributed by atoms with Gasteiger partial charge in [0.05, 0.1) is 15.8 Å². The summed E-state index contributed by atoms with van der Waals surface area (Å²) in [5.41, 5.74) is 6.26. The van der Waals surface area contributed by atoms with Gasteiger partial charge in [-0.25, -0.2) is 19.9 Å². The second kappa shape index (κ2) is 11.4. The van der Waals surface area contributed by atoms with Crippen LogP contribution in [0.1, 0.15) is 0 Å². The first-order valence-electron chi connectivity index (χ1n) is 17.2. The maximum Gasteiger partial charge on any atom is 0.164 e. The van der Waals surface area contributed by atoms with E-state index >= 15 is 0 Å². The number of nitrogens with zero attached hydrogens (tertiary/aromatic N) is 4. The van der Waals surface area contributed by atoms with E-state index in [1.165, 1.54) is 32.3 Å². The Kier molecular flexibility index (Phi) is 6.35. The van der Waals surface area contributed by atoms with Gasteiger partial charge < -0.3 is 4.42 Å². The third kappa shape index (κ3) is 4.48. The van der Waals surface area contributed by atoms with Gasteiger partial charge in [0, 0.05) is 27.5 Å². The van der Waals surface area contributed by atoms with Crippen molar-refractivity contribution >= 4 is 75.8 Å². The average molecular weight is 683 g/mol. The van der Waals surface area contributed by atoms with Gasteiger partial charge in [0.25, 0.3) is 0 Å². The summed E-state index contributed by atoms with van der Waals surface area (Å²) < 4.78 is 7.79. The van der Waals surface area contributed by atoms with E-state index in [2.05, 4.69) is 103 Å². The van der Waals surface area contributed by atoms with E-state index in [0.29, 0.717) is 17.5 Å². The topological polar surface area (TPSA) is 64.7 Å². The van der Waals surface area contributed by atoms with Crippen LogP contribution in [-0.2, 0) is 0 Å². The Bertz CT molecular complexity index is 3130. The minimum atomic E-state index is 0.589. The summed E-state index contributed by atoms with van der Waals surface area (Å²) in [4.78, 5) is 20.4. The van der Waals surface area contributed by atoms with Crippen molar-refractivity contribution in [3.05, 3.63) is 158 Å². The number of fused-ring (bicyclic) bond motifs is 10. The van der Waals surface area contributed by atoms with Crippen molar-refractivity contribution in [1.29, 1.82) is 0 Å². The van der Waals surface area contributed by atoms with Crippen LogP contribution in [0, 0.1) is 0 Å². The maximum absolute atomic E-state index is 6.65. The molecule has 0 unspecified atom stereocenters. The number of benzene rings is 8. The lowest BCUT2D eigenvalue weighted by Crippen LogP contribution is -2.00. The standard InChI is InChI=1S/C46H26N4OS/c1-2-12-27(13-3-1)43-48-44(28-24-25-33-31-16-5-4-14-29(31)30-15-6-7-17-32(30)37(33)26-28)50-45(49-43)35-19-11-22-39-41(35)34-18-10-20-36(42(34)51-39)46-47-38-21-8-9-23-40(38)52-46/h1-26H. The highest BCUT2D eigenvalue weighted by Gasteiger charge is 2.21. The number of hydrogen-bond donors (Lipinski definition) is 0. The van der Waals surface area contributed by atoms with Crippen molar-refractivity contribution < 1.29 is 4.42 Å². The molecule has 11 rings (SSSR count). The molecule has 52 heavy (non-hydrogen) atoms. The summed E-state index contributed by atoms with van der Waals surface area (Å²) in [5, 5.41) is 10.2. The molecule has 5 nitrogen and oxygen atoms in total. The molecule has 11 aromatic rings. The second-order valence-corrected chi connectivity index (χ2v) is 14.0. The van der Waals surface area contributed by atoms with Crippen LogP contribution in [0.25, 0.3) is 109 Å². The van der Waals surface area contributed by atoms with Crippen molar-refractivity contribution in [2.24, 2.45) is 0 Å². The van der Waals surface area contributed by atoms with E-state index in [1.807, 2.05) is 54.6 Å². The van der Waals surface area contributed by atoms with Gasteiger partial charge in [-0.3, -0.25) is 0 Å². The molecule has 0 spiro atoms. The zero-order valence-electron chi connectivity index (χ0n) is 27.6. The highest BCUT2D eigenvalue weighted by molar-refractivity contribution is 7.21. The smallest absolute Gasteiger partial charge is 0.164 e. The second-order valence-electron chi connectivity index (χ2n) is 13.0. The minimum Gasteiger partial charge on any atom is -0.455 e. The Labute approximate surface area is 301 Å². The third-order valence-electron chi connectivity index (χ3n) is 9.96. The summed E-state index contributed by atoms with van der Waals surface area (Å²) in [7, 11) is 0. The summed E-state index contributed by atoms with van der Waals surface area (Å²) in [6, 6.07) is 54.6. The van der Waals surface area contributed by atoms with Crippen LogP contribution in [0.2, 0.25) is 0 Å². The van der Waals surface area contributed by atoms with Crippen molar-refractivity contribution in [2.75, 3.05) is 0 Å². The van der Waals surface area contributed by atoms with Crippen LogP contribution < -0.4 is 0 Å². The number of hydrogen-bond acceptors (Lipinski definition) is 6. The molecule has 0 saturated heterocycles. The first kappa shape index (κ1) is 29.0. The predicted octanol–water partition coefficient (Wildman–Crippen LogP) is 12.5. The van der Waals surface area contributed by atoms with Gasteiger partial charge in [-0.05, 0) is 62.6 Å². The highest BCUT2D eigenvalue weighted by atomic mass is 32.1. The van der Waals surface area contributed by atoms with Gasteiger partial charge in [-0.15, -0.1) is 11.3 Å². The molecule has 0 fully saturated rings. The zero-order chi connectivity index (χ0) is 34.2.